The van der Waals surface area contributed by atoms with Crippen LogP contribution in [0.25, 0.3) is 0 Å². The third kappa shape index (κ3) is 3.96. The lowest BCUT2D eigenvalue weighted by Crippen LogP contribution is -2.51. The molecule has 136 valence electrons. The maximum Gasteiger partial charge on any atom is 0.254 e. The van der Waals surface area contributed by atoms with E-state index in [1.807, 2.05) is 24.3 Å². The van der Waals surface area contributed by atoms with Crippen LogP contribution in [0.2, 0.25) is 5.02 Å². The van der Waals surface area contributed by atoms with Crippen LogP contribution >= 0.6 is 11.6 Å². The first-order valence-electron chi connectivity index (χ1n) is 8.13. The molecule has 0 bridgehead atoms. The van der Waals surface area contributed by atoms with Gasteiger partial charge in [-0.05, 0) is 35.9 Å². The van der Waals surface area contributed by atoms with Crippen LogP contribution in [0.3, 0.4) is 0 Å². The number of carbonyl (C=O) groups excluding carboxylic acids is 2. The molecule has 1 heterocycles. The normalized spacial score (nSPS) is 14.5. The maximum absolute atomic E-state index is 13.3. The van der Waals surface area contributed by atoms with Crippen molar-refractivity contribution in [2.24, 2.45) is 0 Å². The minimum Gasteiger partial charge on any atom is -0.497 e. The van der Waals surface area contributed by atoms with E-state index in [2.05, 4.69) is 0 Å². The highest BCUT2D eigenvalue weighted by Crippen LogP contribution is 2.19. The molecule has 0 unspecified atom stereocenters. The standard InChI is InChI=1S/C19H18ClFN2O3/c1-26-15-4-2-3-13(9-15)11-22-7-8-23(12-18(22)24)19(25)14-5-6-17(21)16(20)10-14/h2-6,9-10H,7-8,11-12H2,1H3. The Kier molecular flexibility index (Phi) is 5.42. The number of nitrogens with zero attached hydrogens (tertiary/aromatic N) is 2. The van der Waals surface area contributed by atoms with Gasteiger partial charge in [-0.25, -0.2) is 4.39 Å². The number of piperazine rings is 1. The number of ether oxygens (including phenoxy) is 1. The van der Waals surface area contributed by atoms with Gasteiger partial charge in [-0.3, -0.25) is 9.59 Å². The fourth-order valence-corrected chi connectivity index (χ4v) is 3.03. The van der Waals surface area contributed by atoms with Crippen LogP contribution in [-0.4, -0.2) is 48.4 Å². The minimum absolute atomic E-state index is 0.0161. The van der Waals surface area contributed by atoms with E-state index < -0.39 is 5.82 Å². The molecule has 0 N–H and O–H groups in total. The first-order chi connectivity index (χ1) is 12.5. The summed E-state index contributed by atoms with van der Waals surface area (Å²) in [7, 11) is 1.59. The molecule has 1 aliphatic heterocycles. The number of amides is 2. The SMILES string of the molecule is COc1cccc(CN2CCN(C(=O)c3ccc(F)c(Cl)c3)CC2=O)c1. The average Bonchev–Trinajstić information content (AvgIpc) is 2.65. The molecule has 1 saturated heterocycles. The van der Waals surface area contributed by atoms with Crippen LogP contribution in [-0.2, 0) is 11.3 Å². The van der Waals surface area contributed by atoms with Gasteiger partial charge in [-0.15, -0.1) is 0 Å². The van der Waals surface area contributed by atoms with Gasteiger partial charge < -0.3 is 14.5 Å². The molecule has 3 rings (SSSR count). The van der Waals surface area contributed by atoms with Gasteiger partial charge in [-0.2, -0.15) is 0 Å². The van der Waals surface area contributed by atoms with Crippen molar-refractivity contribution >= 4 is 23.4 Å². The molecule has 2 aromatic rings. The highest BCUT2D eigenvalue weighted by molar-refractivity contribution is 6.31. The molecule has 0 aromatic heterocycles. The summed E-state index contributed by atoms with van der Waals surface area (Å²) < 4.78 is 18.4. The number of hydrogen-bond donors (Lipinski definition) is 0. The Morgan fingerprint density at radius 2 is 2.04 bits per heavy atom. The lowest BCUT2D eigenvalue weighted by atomic mass is 10.1. The number of benzene rings is 2. The van der Waals surface area contributed by atoms with E-state index in [4.69, 9.17) is 16.3 Å². The first kappa shape index (κ1) is 18.2. The molecule has 26 heavy (non-hydrogen) atoms. The Hall–Kier alpha value is -2.60. The van der Waals surface area contributed by atoms with E-state index in [1.165, 1.54) is 17.0 Å². The van der Waals surface area contributed by atoms with E-state index >= 15 is 0 Å². The molecule has 0 atom stereocenters. The summed E-state index contributed by atoms with van der Waals surface area (Å²) in [5.74, 6) is -0.318. The Balaban J connectivity index is 1.65. The zero-order chi connectivity index (χ0) is 18.7. The van der Waals surface area contributed by atoms with Gasteiger partial charge in [0.1, 0.15) is 18.1 Å². The van der Waals surface area contributed by atoms with Gasteiger partial charge in [0.2, 0.25) is 5.91 Å². The molecule has 7 heteroatoms. The Morgan fingerprint density at radius 1 is 1.23 bits per heavy atom. The molecule has 0 spiro atoms. The Labute approximate surface area is 155 Å². The van der Waals surface area contributed by atoms with Crippen LogP contribution < -0.4 is 4.74 Å². The maximum atomic E-state index is 13.3. The molecule has 2 aromatic carbocycles. The smallest absolute Gasteiger partial charge is 0.254 e. The summed E-state index contributed by atoms with van der Waals surface area (Å²) in [5.41, 5.74) is 1.23. The largest absolute Gasteiger partial charge is 0.497 e. The highest BCUT2D eigenvalue weighted by Gasteiger charge is 2.28. The van der Waals surface area contributed by atoms with Crippen molar-refractivity contribution in [2.75, 3.05) is 26.7 Å². The third-order valence-corrected chi connectivity index (χ3v) is 4.57. The highest BCUT2D eigenvalue weighted by atomic mass is 35.5. The van der Waals surface area contributed by atoms with E-state index in [0.717, 1.165) is 17.4 Å². The van der Waals surface area contributed by atoms with Gasteiger partial charge in [0.15, 0.2) is 0 Å². The van der Waals surface area contributed by atoms with Crippen molar-refractivity contribution in [1.29, 1.82) is 0 Å². The quantitative estimate of drug-likeness (QED) is 0.824. The van der Waals surface area contributed by atoms with Crippen LogP contribution in [0.15, 0.2) is 42.5 Å². The fraction of sp³-hybridized carbons (Fsp3) is 0.263. The monoisotopic (exact) mass is 376 g/mol. The van der Waals surface area contributed by atoms with Gasteiger partial charge in [0, 0.05) is 25.2 Å². The van der Waals surface area contributed by atoms with Crippen LogP contribution in [0.1, 0.15) is 15.9 Å². The predicted molar refractivity (Wildman–Crippen MR) is 95.7 cm³/mol. The van der Waals surface area contributed by atoms with Crippen molar-refractivity contribution in [1.82, 2.24) is 9.80 Å². The molecular formula is C19H18ClFN2O3. The average molecular weight is 377 g/mol. The summed E-state index contributed by atoms with van der Waals surface area (Å²) in [6, 6.07) is 11.3. The van der Waals surface area contributed by atoms with Crippen LogP contribution in [0, 0.1) is 5.82 Å². The Bertz CT molecular complexity index is 843. The molecule has 0 radical (unpaired) electrons. The van der Waals surface area contributed by atoms with E-state index in [0.29, 0.717) is 19.6 Å². The fourth-order valence-electron chi connectivity index (χ4n) is 2.85. The van der Waals surface area contributed by atoms with Gasteiger partial charge in [0.05, 0.1) is 12.1 Å². The predicted octanol–water partition coefficient (Wildman–Crippen LogP) is 2.97. The summed E-state index contributed by atoms with van der Waals surface area (Å²) in [6.07, 6.45) is 0. The van der Waals surface area contributed by atoms with Crippen molar-refractivity contribution in [2.45, 2.75) is 6.54 Å². The van der Waals surface area contributed by atoms with Gasteiger partial charge in [-0.1, -0.05) is 23.7 Å². The molecule has 1 aliphatic rings. The summed E-state index contributed by atoms with van der Waals surface area (Å²) in [6.45, 7) is 1.28. The van der Waals surface area contributed by atoms with Gasteiger partial charge in [0.25, 0.3) is 5.91 Å². The molecule has 1 fully saturated rings. The topological polar surface area (TPSA) is 49.9 Å². The molecule has 2 amide bonds. The molecular weight excluding hydrogens is 359 g/mol. The number of rotatable bonds is 4. The van der Waals surface area contributed by atoms with Crippen molar-refractivity contribution < 1.29 is 18.7 Å². The van der Waals surface area contributed by atoms with Crippen LogP contribution in [0.5, 0.6) is 5.75 Å². The molecule has 0 saturated carbocycles. The third-order valence-electron chi connectivity index (χ3n) is 4.28. The summed E-state index contributed by atoms with van der Waals surface area (Å²) >= 11 is 5.73. The number of methoxy groups -OCH3 is 1. The Morgan fingerprint density at radius 3 is 2.73 bits per heavy atom. The number of halogens is 2. The number of hydrogen-bond acceptors (Lipinski definition) is 3. The summed E-state index contributed by atoms with van der Waals surface area (Å²) in [5, 5.41) is -0.112. The summed E-state index contributed by atoms with van der Waals surface area (Å²) in [4.78, 5) is 28.1. The van der Waals surface area contributed by atoms with Crippen molar-refractivity contribution in [3.05, 3.63) is 64.4 Å². The van der Waals surface area contributed by atoms with E-state index in [-0.39, 0.29) is 28.9 Å². The lowest BCUT2D eigenvalue weighted by Gasteiger charge is -2.34. The number of carbonyl (C=O) groups is 2. The van der Waals surface area contributed by atoms with Gasteiger partial charge >= 0.3 is 0 Å². The second kappa shape index (κ2) is 7.74. The first-order valence-corrected chi connectivity index (χ1v) is 8.51. The van der Waals surface area contributed by atoms with E-state index in [1.54, 1.807) is 12.0 Å². The lowest BCUT2D eigenvalue weighted by molar-refractivity contribution is -0.135. The second-order valence-electron chi connectivity index (χ2n) is 6.02. The van der Waals surface area contributed by atoms with Crippen molar-refractivity contribution in [3.8, 4) is 5.75 Å². The molecule has 0 aliphatic carbocycles. The zero-order valence-electron chi connectivity index (χ0n) is 14.2. The minimum atomic E-state index is -0.581. The van der Waals surface area contributed by atoms with Crippen LogP contribution in [0.4, 0.5) is 4.39 Å². The second-order valence-corrected chi connectivity index (χ2v) is 6.43. The van der Waals surface area contributed by atoms with Crippen molar-refractivity contribution in [3.63, 3.8) is 0 Å². The molecule has 5 nitrogen and oxygen atoms in total. The zero-order valence-corrected chi connectivity index (χ0v) is 15.0. The van der Waals surface area contributed by atoms with E-state index in [9.17, 15) is 14.0 Å².